The third-order valence-corrected chi connectivity index (χ3v) is 3.61. The van der Waals surface area contributed by atoms with Crippen LogP contribution in [0.2, 0.25) is 0 Å². The Morgan fingerprint density at radius 1 is 1.16 bits per heavy atom. The molecule has 6 heteroatoms. The Kier molecular flexibility index (Phi) is 5.32. The van der Waals surface area contributed by atoms with Crippen molar-refractivity contribution in [3.05, 3.63) is 75.6 Å². The number of carbonyl (C=O) groups is 1. The second kappa shape index (κ2) is 7.25. The lowest BCUT2D eigenvalue weighted by atomic mass is 9.87. The van der Waals surface area contributed by atoms with Crippen LogP contribution in [-0.2, 0) is 10.2 Å². The van der Waals surface area contributed by atoms with Crippen LogP contribution in [0, 0.1) is 15.9 Å². The zero-order chi connectivity index (χ0) is 18.6. The second-order valence-electron chi connectivity index (χ2n) is 6.62. The predicted octanol–water partition coefficient (Wildman–Crippen LogP) is 4.68. The van der Waals surface area contributed by atoms with Gasteiger partial charge in [0.15, 0.2) is 0 Å². The van der Waals surface area contributed by atoms with E-state index in [-0.39, 0.29) is 11.1 Å². The molecule has 0 aliphatic heterocycles. The van der Waals surface area contributed by atoms with E-state index in [2.05, 4.69) is 26.1 Å². The summed E-state index contributed by atoms with van der Waals surface area (Å²) in [5.74, 6) is -1.40. The number of nitrogens with zero attached hydrogens (tertiary/aromatic N) is 1. The number of hydrogen-bond donors (Lipinski definition) is 1. The van der Waals surface area contributed by atoms with E-state index in [1.807, 2.05) is 24.3 Å². The van der Waals surface area contributed by atoms with Gasteiger partial charge in [-0.1, -0.05) is 45.0 Å². The Bertz CT molecular complexity index is 822. The van der Waals surface area contributed by atoms with Crippen molar-refractivity contribution in [2.24, 2.45) is 0 Å². The van der Waals surface area contributed by atoms with E-state index in [4.69, 9.17) is 0 Å². The molecule has 0 aromatic heterocycles. The Hall–Kier alpha value is -3.02. The van der Waals surface area contributed by atoms with E-state index in [0.29, 0.717) is 0 Å². The van der Waals surface area contributed by atoms with Crippen LogP contribution < -0.4 is 5.32 Å². The van der Waals surface area contributed by atoms with Gasteiger partial charge in [-0.15, -0.1) is 0 Å². The molecule has 2 aromatic carbocycles. The van der Waals surface area contributed by atoms with Crippen molar-refractivity contribution >= 4 is 23.4 Å². The maximum Gasteiger partial charge on any atom is 0.306 e. The fourth-order valence-electron chi connectivity index (χ4n) is 2.18. The zero-order valence-electron chi connectivity index (χ0n) is 14.2. The molecule has 0 spiro atoms. The molecular weight excluding hydrogens is 323 g/mol. The zero-order valence-corrected chi connectivity index (χ0v) is 14.2. The van der Waals surface area contributed by atoms with Crippen molar-refractivity contribution in [2.75, 3.05) is 5.32 Å². The molecule has 2 rings (SSSR count). The Balaban J connectivity index is 2.06. The van der Waals surface area contributed by atoms with Gasteiger partial charge in [0.25, 0.3) is 0 Å². The number of rotatable bonds is 4. The smallest absolute Gasteiger partial charge is 0.306 e. The highest BCUT2D eigenvalue weighted by Gasteiger charge is 2.15. The minimum Gasteiger partial charge on any atom is -0.322 e. The first-order chi connectivity index (χ1) is 11.7. The first-order valence-electron chi connectivity index (χ1n) is 7.70. The van der Waals surface area contributed by atoms with Crippen LogP contribution in [0.4, 0.5) is 15.8 Å². The summed E-state index contributed by atoms with van der Waals surface area (Å²) in [5.41, 5.74) is 1.57. The molecule has 0 saturated heterocycles. The summed E-state index contributed by atoms with van der Waals surface area (Å²) in [5, 5.41) is 13.2. The highest BCUT2D eigenvalue weighted by atomic mass is 19.1. The van der Waals surface area contributed by atoms with Gasteiger partial charge in [-0.2, -0.15) is 4.39 Å². The number of nitro groups is 1. The van der Waals surface area contributed by atoms with Crippen LogP contribution >= 0.6 is 0 Å². The monoisotopic (exact) mass is 342 g/mol. The lowest BCUT2D eigenvalue weighted by molar-refractivity contribution is -0.387. The van der Waals surface area contributed by atoms with Crippen molar-refractivity contribution < 1.29 is 14.1 Å². The van der Waals surface area contributed by atoms with Gasteiger partial charge in [0, 0.05) is 17.8 Å². The van der Waals surface area contributed by atoms with E-state index in [1.54, 1.807) is 6.08 Å². The van der Waals surface area contributed by atoms with E-state index < -0.39 is 22.3 Å². The minimum atomic E-state index is -0.947. The minimum absolute atomic E-state index is 0.0525. The van der Waals surface area contributed by atoms with Crippen molar-refractivity contribution in [3.63, 3.8) is 0 Å². The third kappa shape index (κ3) is 4.97. The molecule has 0 unspecified atom stereocenters. The number of halogens is 1. The number of carbonyl (C=O) groups excluding carboxylic acids is 1. The molecule has 0 aliphatic rings. The normalized spacial score (nSPS) is 11.5. The van der Waals surface area contributed by atoms with Gasteiger partial charge in [0.2, 0.25) is 11.7 Å². The largest absolute Gasteiger partial charge is 0.322 e. The Morgan fingerprint density at radius 2 is 1.80 bits per heavy atom. The van der Waals surface area contributed by atoms with E-state index in [9.17, 15) is 19.3 Å². The molecule has 0 atom stereocenters. The molecule has 0 saturated carbocycles. The molecule has 25 heavy (non-hydrogen) atoms. The van der Waals surface area contributed by atoms with Gasteiger partial charge in [0.1, 0.15) is 0 Å². The van der Waals surface area contributed by atoms with E-state index in [0.717, 1.165) is 17.7 Å². The summed E-state index contributed by atoms with van der Waals surface area (Å²) >= 11 is 0. The number of benzene rings is 2. The van der Waals surface area contributed by atoms with Gasteiger partial charge in [0.05, 0.1) is 4.92 Å². The van der Waals surface area contributed by atoms with E-state index >= 15 is 0 Å². The fourth-order valence-corrected chi connectivity index (χ4v) is 2.18. The molecule has 0 bridgehead atoms. The van der Waals surface area contributed by atoms with Crippen molar-refractivity contribution in [2.45, 2.75) is 26.2 Å². The SMILES string of the molecule is CC(C)(C)c1ccc(/C=C\C(=O)Nc2ccc(F)c([N+](=O)[O-])c2)cc1. The van der Waals surface area contributed by atoms with Gasteiger partial charge >= 0.3 is 5.69 Å². The van der Waals surface area contributed by atoms with E-state index in [1.165, 1.54) is 17.7 Å². The standard InChI is InChI=1S/C19H19FN2O3/c1-19(2,3)14-7-4-13(5-8-14)6-11-18(23)21-15-9-10-16(20)17(12-15)22(24)25/h4-12H,1-3H3,(H,21,23)/b11-6-. The number of amides is 1. The van der Waals surface area contributed by atoms with Crippen molar-refractivity contribution in [3.8, 4) is 0 Å². The first-order valence-corrected chi connectivity index (χ1v) is 7.70. The summed E-state index contributed by atoms with van der Waals surface area (Å²) in [4.78, 5) is 21.8. The summed E-state index contributed by atoms with van der Waals surface area (Å²) in [7, 11) is 0. The van der Waals surface area contributed by atoms with Crippen LogP contribution in [-0.4, -0.2) is 10.8 Å². The van der Waals surface area contributed by atoms with Crippen LogP contribution in [0.15, 0.2) is 48.5 Å². The summed E-state index contributed by atoms with van der Waals surface area (Å²) in [6, 6.07) is 11.0. The highest BCUT2D eigenvalue weighted by molar-refractivity contribution is 6.02. The molecule has 5 nitrogen and oxygen atoms in total. The second-order valence-corrected chi connectivity index (χ2v) is 6.62. The average molecular weight is 342 g/mol. The molecule has 0 fully saturated rings. The van der Waals surface area contributed by atoms with Crippen LogP contribution in [0.3, 0.4) is 0 Å². The molecule has 130 valence electrons. The number of nitro benzene ring substituents is 1. The summed E-state index contributed by atoms with van der Waals surface area (Å²) < 4.78 is 13.3. The third-order valence-electron chi connectivity index (χ3n) is 3.61. The molecule has 0 aliphatic carbocycles. The Labute approximate surface area is 145 Å². The van der Waals surface area contributed by atoms with Crippen molar-refractivity contribution in [1.29, 1.82) is 0 Å². The molecule has 0 heterocycles. The molecule has 1 amide bonds. The van der Waals surface area contributed by atoms with Crippen LogP contribution in [0.25, 0.3) is 6.08 Å². The maximum atomic E-state index is 13.3. The quantitative estimate of drug-likeness (QED) is 0.498. The molecule has 0 radical (unpaired) electrons. The highest BCUT2D eigenvalue weighted by Crippen LogP contribution is 2.23. The van der Waals surface area contributed by atoms with Gasteiger partial charge < -0.3 is 5.32 Å². The Morgan fingerprint density at radius 3 is 2.36 bits per heavy atom. The lowest BCUT2D eigenvalue weighted by Gasteiger charge is -2.18. The van der Waals surface area contributed by atoms with Crippen LogP contribution in [0.5, 0.6) is 0 Å². The number of hydrogen-bond acceptors (Lipinski definition) is 3. The lowest BCUT2D eigenvalue weighted by Crippen LogP contribution is -2.10. The summed E-state index contributed by atoms with van der Waals surface area (Å²) in [6.45, 7) is 6.35. The number of nitrogens with one attached hydrogen (secondary N) is 1. The molecule has 1 N–H and O–H groups in total. The average Bonchev–Trinajstić information content (AvgIpc) is 2.54. The van der Waals surface area contributed by atoms with Gasteiger partial charge in [-0.05, 0) is 34.8 Å². The predicted molar refractivity (Wildman–Crippen MR) is 95.9 cm³/mol. The topological polar surface area (TPSA) is 72.2 Å². The maximum absolute atomic E-state index is 13.3. The number of anilines is 1. The van der Waals surface area contributed by atoms with Crippen molar-refractivity contribution in [1.82, 2.24) is 0 Å². The van der Waals surface area contributed by atoms with Gasteiger partial charge in [-0.25, -0.2) is 0 Å². The summed E-state index contributed by atoms with van der Waals surface area (Å²) in [6.07, 6.45) is 2.96. The fraction of sp³-hybridized carbons (Fsp3) is 0.211. The molecule has 2 aromatic rings. The van der Waals surface area contributed by atoms with Crippen LogP contribution in [0.1, 0.15) is 31.9 Å². The molecular formula is C19H19FN2O3. The van der Waals surface area contributed by atoms with Gasteiger partial charge in [-0.3, -0.25) is 14.9 Å². The first kappa shape index (κ1) is 18.3.